The summed E-state index contributed by atoms with van der Waals surface area (Å²) < 4.78 is 38.0. The zero-order chi connectivity index (χ0) is 21.9. The molecule has 3 rings (SSSR count). The third kappa shape index (κ3) is 5.19. The molecule has 0 aliphatic carbocycles. The van der Waals surface area contributed by atoms with Gasteiger partial charge in [-0.1, -0.05) is 6.07 Å². The molecule has 30 heavy (non-hydrogen) atoms. The Morgan fingerprint density at radius 1 is 1.03 bits per heavy atom. The molecular weight excluding hydrogens is 399 g/mol. The summed E-state index contributed by atoms with van der Waals surface area (Å²) in [4.78, 5) is 31.2. The Morgan fingerprint density at radius 2 is 1.73 bits per heavy atom. The van der Waals surface area contributed by atoms with Gasteiger partial charge in [-0.3, -0.25) is 4.79 Å². The molecule has 10 heteroatoms. The highest BCUT2D eigenvalue weighted by atomic mass is 19.4. The molecule has 1 fully saturated rings. The summed E-state index contributed by atoms with van der Waals surface area (Å²) in [7, 11) is 0. The molecule has 0 bridgehead atoms. The highest BCUT2D eigenvalue weighted by Crippen LogP contribution is 2.29. The van der Waals surface area contributed by atoms with Crippen molar-refractivity contribution in [3.63, 3.8) is 0 Å². The maximum Gasteiger partial charge on any atom is 0.417 e. The van der Waals surface area contributed by atoms with Crippen LogP contribution >= 0.6 is 0 Å². The topological polar surface area (TPSA) is 77.6 Å². The van der Waals surface area contributed by atoms with Gasteiger partial charge < -0.3 is 20.4 Å². The van der Waals surface area contributed by atoms with Gasteiger partial charge in [0, 0.05) is 50.7 Å². The van der Waals surface area contributed by atoms with Crippen LogP contribution in [-0.2, 0) is 11.0 Å². The van der Waals surface area contributed by atoms with E-state index in [0.717, 1.165) is 17.8 Å². The fraction of sp³-hybridized carbons (Fsp3) is 0.350. The van der Waals surface area contributed by atoms with Crippen molar-refractivity contribution in [1.29, 1.82) is 0 Å². The van der Waals surface area contributed by atoms with E-state index in [1.807, 2.05) is 11.8 Å². The number of rotatable bonds is 3. The van der Waals surface area contributed by atoms with Crippen LogP contribution in [0.1, 0.15) is 18.1 Å². The van der Waals surface area contributed by atoms with Crippen molar-refractivity contribution in [2.45, 2.75) is 20.0 Å². The molecule has 0 unspecified atom stereocenters. The molecule has 7 nitrogen and oxygen atoms in total. The standard InChI is InChI=1S/C20H22F3N5O2/c1-13-3-5-16(25-14(2)29)11-17(13)26-19(30)28-9-7-27(8-10-28)18-6-4-15(12-24-18)20(21,22)23/h3-6,11-12H,7-10H2,1-2H3,(H,25,29)(H,26,30). The maximum atomic E-state index is 12.7. The summed E-state index contributed by atoms with van der Waals surface area (Å²) in [6, 6.07) is 7.31. The molecule has 2 heterocycles. The predicted octanol–water partition coefficient (Wildman–Crippen LogP) is 3.72. The molecule has 3 amide bonds. The van der Waals surface area contributed by atoms with Gasteiger partial charge in [-0.15, -0.1) is 0 Å². The second kappa shape index (κ2) is 8.60. The minimum absolute atomic E-state index is 0.205. The summed E-state index contributed by atoms with van der Waals surface area (Å²) in [5.41, 5.74) is 1.24. The van der Waals surface area contributed by atoms with Gasteiger partial charge in [0.2, 0.25) is 5.91 Å². The van der Waals surface area contributed by atoms with E-state index in [4.69, 9.17) is 0 Å². The van der Waals surface area contributed by atoms with Gasteiger partial charge in [0.15, 0.2) is 0 Å². The summed E-state index contributed by atoms with van der Waals surface area (Å²) >= 11 is 0. The lowest BCUT2D eigenvalue weighted by Crippen LogP contribution is -2.50. The summed E-state index contributed by atoms with van der Waals surface area (Å²) in [5, 5.41) is 5.52. The van der Waals surface area contributed by atoms with Crippen LogP contribution in [0.15, 0.2) is 36.5 Å². The molecule has 0 radical (unpaired) electrons. The van der Waals surface area contributed by atoms with Crippen molar-refractivity contribution in [2.75, 3.05) is 41.7 Å². The number of piperazine rings is 1. The number of alkyl halides is 3. The first-order valence-electron chi connectivity index (χ1n) is 9.36. The summed E-state index contributed by atoms with van der Waals surface area (Å²) in [6.07, 6.45) is -3.60. The zero-order valence-corrected chi connectivity index (χ0v) is 16.6. The number of halogens is 3. The van der Waals surface area contributed by atoms with Crippen LogP contribution < -0.4 is 15.5 Å². The Balaban J connectivity index is 1.59. The Kier molecular flexibility index (Phi) is 6.14. The third-order valence-electron chi connectivity index (χ3n) is 4.77. The number of carbonyl (C=O) groups excluding carboxylic acids is 2. The lowest BCUT2D eigenvalue weighted by atomic mass is 10.2. The third-order valence-corrected chi connectivity index (χ3v) is 4.77. The first-order valence-corrected chi connectivity index (χ1v) is 9.36. The van der Waals surface area contributed by atoms with Gasteiger partial charge >= 0.3 is 12.2 Å². The number of hydrogen-bond acceptors (Lipinski definition) is 4. The summed E-state index contributed by atoms with van der Waals surface area (Å²) in [6.45, 7) is 4.97. The van der Waals surface area contributed by atoms with E-state index in [1.165, 1.54) is 13.0 Å². The Hall–Kier alpha value is -3.30. The number of carbonyl (C=O) groups is 2. The van der Waals surface area contributed by atoms with Crippen molar-refractivity contribution >= 4 is 29.1 Å². The van der Waals surface area contributed by atoms with Crippen molar-refractivity contribution in [3.8, 4) is 0 Å². The smallest absolute Gasteiger partial charge is 0.353 e. The maximum absolute atomic E-state index is 12.7. The average Bonchev–Trinajstić information content (AvgIpc) is 2.69. The van der Waals surface area contributed by atoms with E-state index in [-0.39, 0.29) is 11.9 Å². The molecule has 1 aromatic carbocycles. The fourth-order valence-corrected chi connectivity index (χ4v) is 3.11. The van der Waals surface area contributed by atoms with Crippen LogP contribution in [0.2, 0.25) is 0 Å². The molecule has 1 aliphatic heterocycles. The number of pyridine rings is 1. The molecule has 1 aromatic heterocycles. The summed E-state index contributed by atoms with van der Waals surface area (Å²) in [5.74, 6) is 0.242. The van der Waals surface area contributed by atoms with E-state index < -0.39 is 11.7 Å². The molecule has 0 saturated carbocycles. The average molecular weight is 421 g/mol. The fourth-order valence-electron chi connectivity index (χ4n) is 3.11. The predicted molar refractivity (Wildman–Crippen MR) is 108 cm³/mol. The number of nitrogens with one attached hydrogen (secondary N) is 2. The van der Waals surface area contributed by atoms with Gasteiger partial charge in [-0.2, -0.15) is 13.2 Å². The number of benzene rings is 1. The van der Waals surface area contributed by atoms with Crippen LogP contribution in [-0.4, -0.2) is 48.0 Å². The molecule has 2 aromatic rings. The quantitative estimate of drug-likeness (QED) is 0.792. The minimum Gasteiger partial charge on any atom is -0.353 e. The number of urea groups is 1. The molecule has 1 saturated heterocycles. The van der Waals surface area contributed by atoms with Crippen LogP contribution in [0.25, 0.3) is 0 Å². The van der Waals surface area contributed by atoms with Crippen LogP contribution in [0.5, 0.6) is 0 Å². The lowest BCUT2D eigenvalue weighted by Gasteiger charge is -2.35. The van der Waals surface area contributed by atoms with Crippen LogP contribution in [0, 0.1) is 6.92 Å². The first-order chi connectivity index (χ1) is 14.1. The second-order valence-electron chi connectivity index (χ2n) is 7.02. The van der Waals surface area contributed by atoms with Crippen molar-refractivity contribution < 1.29 is 22.8 Å². The van der Waals surface area contributed by atoms with Gasteiger partial charge in [0.25, 0.3) is 0 Å². The number of anilines is 3. The normalized spacial score (nSPS) is 14.4. The number of nitrogens with zero attached hydrogens (tertiary/aromatic N) is 3. The van der Waals surface area contributed by atoms with Crippen molar-refractivity contribution in [2.24, 2.45) is 0 Å². The van der Waals surface area contributed by atoms with E-state index in [2.05, 4.69) is 15.6 Å². The van der Waals surface area contributed by atoms with Gasteiger partial charge in [0.05, 0.1) is 5.56 Å². The zero-order valence-electron chi connectivity index (χ0n) is 16.6. The van der Waals surface area contributed by atoms with Crippen molar-refractivity contribution in [1.82, 2.24) is 9.88 Å². The highest BCUT2D eigenvalue weighted by molar-refractivity contribution is 5.93. The van der Waals surface area contributed by atoms with Gasteiger partial charge in [-0.25, -0.2) is 9.78 Å². The van der Waals surface area contributed by atoms with Gasteiger partial charge in [-0.05, 0) is 36.8 Å². The van der Waals surface area contributed by atoms with E-state index in [9.17, 15) is 22.8 Å². The first kappa shape index (κ1) is 21.4. The molecule has 0 atom stereocenters. The highest BCUT2D eigenvalue weighted by Gasteiger charge is 2.31. The largest absolute Gasteiger partial charge is 0.417 e. The SMILES string of the molecule is CC(=O)Nc1ccc(C)c(NC(=O)N2CCN(c3ccc(C(F)(F)F)cn3)CC2)c1. The lowest BCUT2D eigenvalue weighted by molar-refractivity contribution is -0.137. The second-order valence-corrected chi connectivity index (χ2v) is 7.02. The van der Waals surface area contributed by atoms with E-state index >= 15 is 0 Å². The minimum atomic E-state index is -4.42. The molecule has 160 valence electrons. The molecule has 2 N–H and O–H groups in total. The Labute approximate surface area is 171 Å². The Bertz CT molecular complexity index is 923. The monoisotopic (exact) mass is 421 g/mol. The van der Waals surface area contributed by atoms with E-state index in [0.29, 0.717) is 43.4 Å². The Morgan fingerprint density at radius 3 is 2.30 bits per heavy atom. The number of aryl methyl sites for hydroxylation is 1. The molecule has 0 spiro atoms. The van der Waals surface area contributed by atoms with Crippen LogP contribution in [0.3, 0.4) is 0 Å². The van der Waals surface area contributed by atoms with Gasteiger partial charge in [0.1, 0.15) is 5.82 Å². The van der Waals surface area contributed by atoms with E-state index in [1.54, 1.807) is 23.1 Å². The van der Waals surface area contributed by atoms with Crippen molar-refractivity contribution in [3.05, 3.63) is 47.7 Å². The van der Waals surface area contributed by atoms with Crippen LogP contribution in [0.4, 0.5) is 35.2 Å². The molecule has 1 aliphatic rings. The number of aromatic nitrogens is 1. The number of hydrogen-bond donors (Lipinski definition) is 2. The number of amides is 3. The molecular formula is C20H22F3N5O2.